The molecule has 1 rings (SSSR count). The van der Waals surface area contributed by atoms with Crippen LogP contribution in [0.1, 0.15) is 30.8 Å². The number of carbonyl (C=O) groups excluding carboxylic acids is 1. The molecule has 1 aromatic heterocycles. The summed E-state index contributed by atoms with van der Waals surface area (Å²) in [5.41, 5.74) is 0. The molecule has 0 unspecified atom stereocenters. The first-order chi connectivity index (χ1) is 8.49. The summed E-state index contributed by atoms with van der Waals surface area (Å²) in [6.45, 7) is 3.67. The summed E-state index contributed by atoms with van der Waals surface area (Å²) in [6, 6.07) is 2.32. The van der Waals surface area contributed by atoms with Gasteiger partial charge in [0.25, 0.3) is 5.91 Å². The number of hydrogen-bond donors (Lipinski definition) is 2. The van der Waals surface area contributed by atoms with E-state index in [1.807, 2.05) is 13.2 Å². The van der Waals surface area contributed by atoms with Gasteiger partial charge >= 0.3 is 5.97 Å². The third kappa shape index (κ3) is 3.53. The number of aliphatic carboxylic acids is 1. The van der Waals surface area contributed by atoms with Crippen molar-refractivity contribution in [1.29, 1.82) is 0 Å². The van der Waals surface area contributed by atoms with Crippen LogP contribution in [0.4, 0.5) is 0 Å². The molecule has 0 saturated heterocycles. The summed E-state index contributed by atoms with van der Waals surface area (Å²) < 4.78 is 5.25. The van der Waals surface area contributed by atoms with Gasteiger partial charge in [0.15, 0.2) is 10.9 Å². The maximum Gasteiger partial charge on any atom is 0.326 e. The zero-order valence-corrected chi connectivity index (χ0v) is 11.4. The number of carbonyl (C=O) groups is 2. The third-order valence-corrected chi connectivity index (χ3v) is 3.39. The lowest BCUT2D eigenvalue weighted by molar-refractivity contribution is -0.140. The van der Waals surface area contributed by atoms with Crippen molar-refractivity contribution in [3.8, 4) is 0 Å². The second-order valence-corrected chi connectivity index (χ2v) is 4.81. The zero-order chi connectivity index (χ0) is 13.7. The van der Waals surface area contributed by atoms with Crippen molar-refractivity contribution in [1.82, 2.24) is 5.32 Å². The molecule has 6 heteroatoms. The average molecular weight is 271 g/mol. The van der Waals surface area contributed by atoms with Gasteiger partial charge in [0.2, 0.25) is 0 Å². The summed E-state index contributed by atoms with van der Waals surface area (Å²) in [5.74, 6) is -1.53. The van der Waals surface area contributed by atoms with E-state index >= 15 is 0 Å². The molecule has 1 aromatic rings. The van der Waals surface area contributed by atoms with E-state index in [-0.39, 0.29) is 11.7 Å². The van der Waals surface area contributed by atoms with Gasteiger partial charge in [-0.3, -0.25) is 4.79 Å². The van der Waals surface area contributed by atoms with Crippen LogP contribution in [0.15, 0.2) is 21.6 Å². The Morgan fingerprint density at radius 3 is 2.61 bits per heavy atom. The van der Waals surface area contributed by atoms with Crippen LogP contribution in [-0.2, 0) is 4.79 Å². The van der Waals surface area contributed by atoms with Crippen molar-refractivity contribution in [2.45, 2.75) is 31.4 Å². The maximum absolute atomic E-state index is 11.8. The van der Waals surface area contributed by atoms with Gasteiger partial charge < -0.3 is 14.8 Å². The van der Waals surface area contributed by atoms with Crippen LogP contribution in [0, 0.1) is 5.92 Å². The Hall–Kier alpha value is -1.43. The number of carboxylic acids is 1. The Morgan fingerprint density at radius 1 is 1.50 bits per heavy atom. The molecule has 2 N–H and O–H groups in total. The van der Waals surface area contributed by atoms with Gasteiger partial charge in [-0.1, -0.05) is 32.0 Å². The van der Waals surface area contributed by atoms with Gasteiger partial charge in [0.1, 0.15) is 6.04 Å². The van der Waals surface area contributed by atoms with Gasteiger partial charge in [-0.05, 0) is 24.3 Å². The summed E-state index contributed by atoms with van der Waals surface area (Å²) in [5, 5.41) is 12.2. The van der Waals surface area contributed by atoms with Crippen molar-refractivity contribution in [2.24, 2.45) is 5.92 Å². The highest BCUT2D eigenvalue weighted by Gasteiger charge is 2.26. The van der Waals surface area contributed by atoms with Crippen LogP contribution in [0.2, 0.25) is 0 Å². The largest absolute Gasteiger partial charge is 0.480 e. The predicted molar refractivity (Wildman–Crippen MR) is 68.8 cm³/mol. The number of thioether (sulfide) groups is 1. The fourth-order valence-electron chi connectivity index (χ4n) is 1.45. The van der Waals surface area contributed by atoms with Crippen LogP contribution in [0.25, 0.3) is 0 Å². The fraction of sp³-hybridized carbons (Fsp3) is 0.500. The Morgan fingerprint density at radius 2 is 2.17 bits per heavy atom. The molecule has 0 aliphatic heterocycles. The molecular weight excluding hydrogens is 254 g/mol. The molecule has 0 radical (unpaired) electrons. The lowest BCUT2D eigenvalue weighted by Crippen LogP contribution is -2.44. The Labute approximate surface area is 110 Å². The van der Waals surface area contributed by atoms with Crippen molar-refractivity contribution in [3.63, 3.8) is 0 Å². The van der Waals surface area contributed by atoms with E-state index in [0.717, 1.165) is 0 Å². The van der Waals surface area contributed by atoms with E-state index < -0.39 is 17.9 Å². The monoisotopic (exact) mass is 271 g/mol. The minimum atomic E-state index is -1.03. The van der Waals surface area contributed by atoms with Gasteiger partial charge in [0.05, 0.1) is 0 Å². The van der Waals surface area contributed by atoms with Crippen molar-refractivity contribution in [3.05, 3.63) is 17.9 Å². The van der Waals surface area contributed by atoms with Crippen LogP contribution in [-0.4, -0.2) is 29.3 Å². The molecule has 0 fully saturated rings. The number of hydrogen-bond acceptors (Lipinski definition) is 4. The summed E-state index contributed by atoms with van der Waals surface area (Å²) >= 11 is 1.38. The number of amides is 1. The van der Waals surface area contributed by atoms with E-state index in [1.165, 1.54) is 17.8 Å². The minimum Gasteiger partial charge on any atom is -0.480 e. The summed E-state index contributed by atoms with van der Waals surface area (Å²) in [6.07, 6.45) is 2.51. The van der Waals surface area contributed by atoms with E-state index in [4.69, 9.17) is 9.52 Å². The average Bonchev–Trinajstić information content (AvgIpc) is 2.83. The highest BCUT2D eigenvalue weighted by Crippen LogP contribution is 2.18. The molecule has 100 valence electrons. The van der Waals surface area contributed by atoms with Crippen LogP contribution in [0.5, 0.6) is 0 Å². The molecule has 0 spiro atoms. The van der Waals surface area contributed by atoms with Crippen LogP contribution in [0.3, 0.4) is 0 Å². The number of nitrogens with one attached hydrogen (secondary N) is 1. The number of rotatable bonds is 6. The molecule has 18 heavy (non-hydrogen) atoms. The predicted octanol–water partition coefficient (Wildman–Crippen LogP) is 2.23. The van der Waals surface area contributed by atoms with Crippen molar-refractivity contribution >= 4 is 23.6 Å². The second-order valence-electron chi connectivity index (χ2n) is 4.00. The Kier molecular flexibility index (Phi) is 5.27. The van der Waals surface area contributed by atoms with Gasteiger partial charge in [-0.25, -0.2) is 4.79 Å². The Balaban J connectivity index is 2.75. The normalized spacial score (nSPS) is 13.9. The number of furan rings is 1. The maximum atomic E-state index is 11.8. The molecule has 5 nitrogen and oxygen atoms in total. The highest BCUT2D eigenvalue weighted by molar-refractivity contribution is 7.98. The van der Waals surface area contributed by atoms with Crippen molar-refractivity contribution in [2.75, 3.05) is 6.26 Å². The summed E-state index contributed by atoms with van der Waals surface area (Å²) in [7, 11) is 0. The smallest absolute Gasteiger partial charge is 0.326 e. The molecule has 0 bridgehead atoms. The topological polar surface area (TPSA) is 79.5 Å². The van der Waals surface area contributed by atoms with Crippen LogP contribution < -0.4 is 5.32 Å². The van der Waals surface area contributed by atoms with Crippen molar-refractivity contribution < 1.29 is 19.1 Å². The highest BCUT2D eigenvalue weighted by atomic mass is 32.2. The lowest BCUT2D eigenvalue weighted by Gasteiger charge is -2.19. The lowest BCUT2D eigenvalue weighted by atomic mass is 9.99. The molecule has 1 amide bonds. The van der Waals surface area contributed by atoms with E-state index in [9.17, 15) is 9.59 Å². The zero-order valence-electron chi connectivity index (χ0n) is 10.6. The van der Waals surface area contributed by atoms with Gasteiger partial charge in [0, 0.05) is 0 Å². The standard InChI is InChI=1S/C12H17NO4S/c1-4-7(2)10(12(15)16)13-11(14)8-5-6-9(17-8)18-3/h5-7,10H,4H2,1-3H3,(H,13,14)(H,15,16)/t7-,10-/m0/s1. The minimum absolute atomic E-state index is 0.133. The number of carboxylic acid groups (broad SMARTS) is 1. The van der Waals surface area contributed by atoms with Gasteiger partial charge in [-0.2, -0.15) is 0 Å². The fourth-order valence-corrected chi connectivity index (χ4v) is 1.82. The van der Waals surface area contributed by atoms with E-state index in [1.54, 1.807) is 13.0 Å². The molecule has 0 saturated carbocycles. The van der Waals surface area contributed by atoms with E-state index in [0.29, 0.717) is 11.5 Å². The summed E-state index contributed by atoms with van der Waals surface area (Å²) in [4.78, 5) is 22.9. The quantitative estimate of drug-likeness (QED) is 0.776. The Bertz CT molecular complexity index is 429. The third-order valence-electron chi connectivity index (χ3n) is 2.77. The molecule has 0 aliphatic rings. The molecule has 0 aliphatic carbocycles. The first-order valence-corrected chi connectivity index (χ1v) is 6.89. The first kappa shape index (κ1) is 14.6. The molecule has 0 aromatic carbocycles. The molecule has 2 atom stereocenters. The second kappa shape index (κ2) is 6.49. The molecular formula is C12H17NO4S. The SMILES string of the molecule is CC[C@H](C)[C@H](NC(=O)c1ccc(SC)o1)C(=O)O. The van der Waals surface area contributed by atoms with Crippen LogP contribution >= 0.6 is 11.8 Å². The van der Waals surface area contributed by atoms with Gasteiger partial charge in [-0.15, -0.1) is 0 Å². The first-order valence-electron chi connectivity index (χ1n) is 5.67. The van der Waals surface area contributed by atoms with E-state index in [2.05, 4.69) is 5.32 Å². The molecule has 1 heterocycles.